The van der Waals surface area contributed by atoms with E-state index in [0.29, 0.717) is 22.8 Å². The third-order valence-corrected chi connectivity index (χ3v) is 5.86. The molecular weight excluding hydrogens is 384 g/mol. The van der Waals surface area contributed by atoms with Crippen LogP contribution in [0.1, 0.15) is 37.3 Å². The SMILES string of the molecule is COc1ncc(NC(=O)C2CCC(n3c(=O)[nH]c4c(OC)cccc43)CC2)cc1C. The Kier molecular flexibility index (Phi) is 5.48. The van der Waals surface area contributed by atoms with E-state index in [1.54, 1.807) is 20.4 Å². The van der Waals surface area contributed by atoms with E-state index in [-0.39, 0.29) is 23.6 Å². The Labute approximate surface area is 174 Å². The number of nitrogens with one attached hydrogen (secondary N) is 2. The van der Waals surface area contributed by atoms with E-state index in [0.717, 1.165) is 36.8 Å². The normalized spacial score (nSPS) is 18.9. The van der Waals surface area contributed by atoms with Gasteiger partial charge >= 0.3 is 5.69 Å². The molecule has 8 nitrogen and oxygen atoms in total. The Balaban J connectivity index is 1.45. The second-order valence-corrected chi connectivity index (χ2v) is 7.70. The highest BCUT2D eigenvalue weighted by molar-refractivity contribution is 5.92. The highest BCUT2D eigenvalue weighted by atomic mass is 16.5. The predicted octanol–water partition coefficient (Wildman–Crippen LogP) is 3.42. The Morgan fingerprint density at radius 2 is 1.97 bits per heavy atom. The number of aromatic amines is 1. The molecule has 1 aromatic carbocycles. The molecular formula is C22H26N4O4. The molecule has 0 atom stereocenters. The molecule has 8 heteroatoms. The van der Waals surface area contributed by atoms with Crippen molar-refractivity contribution in [3.63, 3.8) is 0 Å². The first kappa shape index (κ1) is 20.0. The number of nitrogens with zero attached hydrogens (tertiary/aromatic N) is 2. The number of hydrogen-bond acceptors (Lipinski definition) is 5. The summed E-state index contributed by atoms with van der Waals surface area (Å²) in [4.78, 5) is 32.4. The van der Waals surface area contributed by atoms with Gasteiger partial charge in [-0.1, -0.05) is 6.07 Å². The monoisotopic (exact) mass is 410 g/mol. The number of H-pyrrole nitrogens is 1. The van der Waals surface area contributed by atoms with Crippen LogP contribution in [0.5, 0.6) is 11.6 Å². The highest BCUT2D eigenvalue weighted by Gasteiger charge is 2.29. The van der Waals surface area contributed by atoms with Crippen LogP contribution >= 0.6 is 0 Å². The maximum absolute atomic E-state index is 12.7. The zero-order valence-electron chi connectivity index (χ0n) is 17.4. The van der Waals surface area contributed by atoms with E-state index in [9.17, 15) is 9.59 Å². The molecule has 1 aliphatic carbocycles. The number of hydrogen-bond donors (Lipinski definition) is 2. The van der Waals surface area contributed by atoms with Gasteiger partial charge in [-0.2, -0.15) is 0 Å². The van der Waals surface area contributed by atoms with Crippen LogP contribution in [-0.2, 0) is 4.79 Å². The number of para-hydroxylation sites is 1. The van der Waals surface area contributed by atoms with Crippen molar-refractivity contribution < 1.29 is 14.3 Å². The summed E-state index contributed by atoms with van der Waals surface area (Å²) in [6.07, 6.45) is 4.59. The number of imidazole rings is 1. The van der Waals surface area contributed by atoms with Crippen LogP contribution < -0.4 is 20.5 Å². The van der Waals surface area contributed by atoms with Gasteiger partial charge in [0.05, 0.1) is 31.6 Å². The van der Waals surface area contributed by atoms with Crippen LogP contribution in [-0.4, -0.2) is 34.7 Å². The molecule has 0 aliphatic heterocycles. The van der Waals surface area contributed by atoms with Gasteiger partial charge < -0.3 is 19.8 Å². The number of benzene rings is 1. The van der Waals surface area contributed by atoms with Gasteiger partial charge in [0, 0.05) is 17.5 Å². The molecule has 4 rings (SSSR count). The van der Waals surface area contributed by atoms with Crippen LogP contribution in [0, 0.1) is 12.8 Å². The standard InChI is InChI=1S/C22H26N4O4/c1-13-11-15(12-23-21(13)30-3)24-20(27)14-7-9-16(10-8-14)26-17-5-4-6-18(29-2)19(17)25-22(26)28/h4-6,11-12,14,16H,7-10H2,1-3H3,(H,24,27)(H,25,28). The first-order valence-corrected chi connectivity index (χ1v) is 10.1. The Bertz CT molecular complexity index is 1130. The maximum atomic E-state index is 12.7. The summed E-state index contributed by atoms with van der Waals surface area (Å²) >= 11 is 0. The fourth-order valence-corrected chi connectivity index (χ4v) is 4.34. The van der Waals surface area contributed by atoms with Crippen LogP contribution in [0.3, 0.4) is 0 Å². The van der Waals surface area contributed by atoms with Gasteiger partial charge in [0.2, 0.25) is 11.8 Å². The largest absolute Gasteiger partial charge is 0.494 e. The Morgan fingerprint density at radius 1 is 1.20 bits per heavy atom. The lowest BCUT2D eigenvalue weighted by molar-refractivity contribution is -0.121. The van der Waals surface area contributed by atoms with Gasteiger partial charge in [0.15, 0.2) is 0 Å². The number of methoxy groups -OCH3 is 2. The summed E-state index contributed by atoms with van der Waals surface area (Å²) in [6, 6.07) is 7.56. The van der Waals surface area contributed by atoms with Crippen molar-refractivity contribution in [3.05, 3.63) is 46.5 Å². The maximum Gasteiger partial charge on any atom is 0.326 e. The minimum absolute atomic E-state index is 0.00670. The zero-order valence-corrected chi connectivity index (χ0v) is 17.4. The highest BCUT2D eigenvalue weighted by Crippen LogP contribution is 2.35. The van der Waals surface area contributed by atoms with E-state index in [1.807, 2.05) is 35.8 Å². The summed E-state index contributed by atoms with van der Waals surface area (Å²) in [5.74, 6) is 1.11. The van der Waals surface area contributed by atoms with Crippen LogP contribution in [0.25, 0.3) is 11.0 Å². The molecule has 0 saturated heterocycles. The first-order chi connectivity index (χ1) is 14.5. The number of aryl methyl sites for hydroxylation is 1. The molecule has 0 bridgehead atoms. The fraction of sp³-hybridized carbons (Fsp3) is 0.409. The molecule has 1 aliphatic rings. The van der Waals surface area contributed by atoms with Gasteiger partial charge in [-0.15, -0.1) is 0 Å². The number of rotatable bonds is 5. The lowest BCUT2D eigenvalue weighted by Crippen LogP contribution is -2.31. The molecule has 0 radical (unpaired) electrons. The van der Waals surface area contributed by atoms with E-state index in [2.05, 4.69) is 15.3 Å². The number of anilines is 1. The number of fused-ring (bicyclic) bond motifs is 1. The van der Waals surface area contributed by atoms with Crippen molar-refractivity contribution in [3.8, 4) is 11.6 Å². The van der Waals surface area contributed by atoms with Crippen LogP contribution in [0.2, 0.25) is 0 Å². The van der Waals surface area contributed by atoms with Crippen LogP contribution in [0.15, 0.2) is 35.3 Å². The summed E-state index contributed by atoms with van der Waals surface area (Å²) in [5.41, 5.74) is 2.95. The molecule has 2 N–H and O–H groups in total. The van der Waals surface area contributed by atoms with Gasteiger partial charge in [-0.3, -0.25) is 9.36 Å². The molecule has 1 saturated carbocycles. The van der Waals surface area contributed by atoms with Gasteiger partial charge in [0.1, 0.15) is 11.3 Å². The van der Waals surface area contributed by atoms with Gasteiger partial charge in [0.25, 0.3) is 0 Å². The average Bonchev–Trinajstić information content (AvgIpc) is 3.09. The molecule has 3 aromatic rings. The topological polar surface area (TPSA) is 98.2 Å². The number of amides is 1. The molecule has 1 amide bonds. The van der Waals surface area contributed by atoms with E-state index >= 15 is 0 Å². The van der Waals surface area contributed by atoms with E-state index < -0.39 is 0 Å². The summed E-state index contributed by atoms with van der Waals surface area (Å²) < 4.78 is 12.3. The molecule has 30 heavy (non-hydrogen) atoms. The van der Waals surface area contributed by atoms with Crippen molar-refractivity contribution in [2.75, 3.05) is 19.5 Å². The van der Waals surface area contributed by atoms with Crippen molar-refractivity contribution in [2.45, 2.75) is 38.6 Å². The molecule has 158 valence electrons. The van der Waals surface area contributed by atoms with Crippen molar-refractivity contribution in [1.29, 1.82) is 0 Å². The Hall–Kier alpha value is -3.29. The second-order valence-electron chi connectivity index (χ2n) is 7.70. The van der Waals surface area contributed by atoms with E-state index in [1.165, 1.54) is 0 Å². The van der Waals surface area contributed by atoms with Crippen molar-refractivity contribution in [1.82, 2.24) is 14.5 Å². The third kappa shape index (κ3) is 3.65. The number of pyridine rings is 1. The summed E-state index contributed by atoms with van der Waals surface area (Å²) in [6.45, 7) is 1.89. The summed E-state index contributed by atoms with van der Waals surface area (Å²) in [5, 5.41) is 2.96. The van der Waals surface area contributed by atoms with Crippen LogP contribution in [0.4, 0.5) is 5.69 Å². The zero-order chi connectivity index (χ0) is 21.3. The predicted molar refractivity (Wildman–Crippen MR) is 114 cm³/mol. The summed E-state index contributed by atoms with van der Waals surface area (Å²) in [7, 11) is 3.16. The molecule has 2 aromatic heterocycles. The fourth-order valence-electron chi connectivity index (χ4n) is 4.34. The number of carbonyl (C=O) groups is 1. The smallest absolute Gasteiger partial charge is 0.326 e. The van der Waals surface area contributed by atoms with Crippen molar-refractivity contribution >= 4 is 22.6 Å². The minimum Gasteiger partial charge on any atom is -0.494 e. The molecule has 0 spiro atoms. The quantitative estimate of drug-likeness (QED) is 0.672. The molecule has 1 fully saturated rings. The Morgan fingerprint density at radius 3 is 2.63 bits per heavy atom. The average molecular weight is 410 g/mol. The van der Waals surface area contributed by atoms with E-state index in [4.69, 9.17) is 9.47 Å². The minimum atomic E-state index is -0.137. The number of aromatic nitrogens is 3. The lowest BCUT2D eigenvalue weighted by atomic mass is 9.85. The van der Waals surface area contributed by atoms with Gasteiger partial charge in [-0.05, 0) is 50.8 Å². The molecule has 2 heterocycles. The first-order valence-electron chi connectivity index (χ1n) is 10.1. The second kappa shape index (κ2) is 8.22. The lowest BCUT2D eigenvalue weighted by Gasteiger charge is -2.28. The third-order valence-electron chi connectivity index (χ3n) is 5.86. The van der Waals surface area contributed by atoms with Crippen molar-refractivity contribution in [2.24, 2.45) is 5.92 Å². The van der Waals surface area contributed by atoms with Gasteiger partial charge in [-0.25, -0.2) is 9.78 Å². The number of carbonyl (C=O) groups excluding carboxylic acids is 1. The number of ether oxygens (including phenoxy) is 2. The molecule has 0 unspecified atom stereocenters.